The van der Waals surface area contributed by atoms with Gasteiger partial charge >= 0.3 is 0 Å². The average Bonchev–Trinajstić information content (AvgIpc) is 2.50. The summed E-state index contributed by atoms with van der Waals surface area (Å²) in [5.74, 6) is 1.04. The van der Waals surface area contributed by atoms with Gasteiger partial charge in [-0.25, -0.2) is 0 Å². The van der Waals surface area contributed by atoms with Gasteiger partial charge in [0, 0.05) is 38.3 Å². The summed E-state index contributed by atoms with van der Waals surface area (Å²) in [4.78, 5) is 17.3. The molecule has 128 valence electrons. The minimum absolute atomic E-state index is 0. The summed E-state index contributed by atoms with van der Waals surface area (Å²) in [6, 6.07) is 0. The molecular formula is C17H32ClN3O. The maximum atomic E-state index is 12.7. The first kappa shape index (κ1) is 18.0. The van der Waals surface area contributed by atoms with Crippen molar-refractivity contribution < 1.29 is 4.79 Å². The zero-order valence-electron chi connectivity index (χ0n) is 14.0. The fraction of sp³-hybridized carbons (Fsp3) is 0.941. The predicted octanol–water partition coefficient (Wildman–Crippen LogP) is 2.27. The maximum Gasteiger partial charge on any atom is 0.236 e. The van der Waals surface area contributed by atoms with Crippen LogP contribution in [0.1, 0.15) is 51.9 Å². The lowest BCUT2D eigenvalue weighted by Crippen LogP contribution is -2.63. The van der Waals surface area contributed by atoms with Crippen LogP contribution < -0.4 is 5.32 Å². The van der Waals surface area contributed by atoms with Crippen molar-refractivity contribution in [2.24, 2.45) is 5.92 Å². The molecule has 2 aliphatic heterocycles. The summed E-state index contributed by atoms with van der Waals surface area (Å²) in [6.07, 6.45) is 9.02. The van der Waals surface area contributed by atoms with Gasteiger partial charge in [0.1, 0.15) is 0 Å². The van der Waals surface area contributed by atoms with Crippen molar-refractivity contribution in [3.8, 4) is 0 Å². The molecule has 2 saturated heterocycles. The van der Waals surface area contributed by atoms with E-state index in [1.54, 1.807) is 0 Å². The quantitative estimate of drug-likeness (QED) is 0.844. The van der Waals surface area contributed by atoms with Gasteiger partial charge in [-0.15, -0.1) is 12.4 Å². The maximum absolute atomic E-state index is 12.7. The fourth-order valence-electron chi connectivity index (χ4n) is 4.51. The van der Waals surface area contributed by atoms with Gasteiger partial charge in [0.25, 0.3) is 0 Å². The molecule has 0 aromatic heterocycles. The van der Waals surface area contributed by atoms with E-state index in [-0.39, 0.29) is 17.9 Å². The van der Waals surface area contributed by atoms with Crippen molar-refractivity contribution in [1.29, 1.82) is 0 Å². The number of rotatable bonds is 2. The lowest BCUT2D eigenvalue weighted by molar-refractivity contribution is -0.137. The smallest absolute Gasteiger partial charge is 0.236 e. The molecule has 1 aliphatic carbocycles. The number of carbonyl (C=O) groups excluding carboxylic acids is 1. The Morgan fingerprint density at radius 2 is 1.95 bits per heavy atom. The Labute approximate surface area is 141 Å². The molecule has 4 nitrogen and oxygen atoms in total. The van der Waals surface area contributed by atoms with Crippen LogP contribution in [0.25, 0.3) is 0 Å². The topological polar surface area (TPSA) is 35.6 Å². The van der Waals surface area contributed by atoms with Gasteiger partial charge < -0.3 is 10.2 Å². The number of nitrogens with one attached hydrogen (secondary N) is 1. The molecule has 1 amide bonds. The second kappa shape index (κ2) is 7.98. The van der Waals surface area contributed by atoms with E-state index in [0.29, 0.717) is 18.4 Å². The van der Waals surface area contributed by atoms with Gasteiger partial charge in [0.2, 0.25) is 5.91 Å². The summed E-state index contributed by atoms with van der Waals surface area (Å²) < 4.78 is 0. The van der Waals surface area contributed by atoms with E-state index in [9.17, 15) is 4.79 Å². The fourth-order valence-corrected chi connectivity index (χ4v) is 4.51. The van der Waals surface area contributed by atoms with Crippen molar-refractivity contribution >= 4 is 18.3 Å². The summed E-state index contributed by atoms with van der Waals surface area (Å²) >= 11 is 0. The minimum atomic E-state index is 0. The number of hydrogen-bond donors (Lipinski definition) is 1. The van der Waals surface area contributed by atoms with Gasteiger partial charge in [-0.05, 0) is 31.6 Å². The van der Waals surface area contributed by atoms with E-state index in [1.165, 1.54) is 44.9 Å². The minimum Gasteiger partial charge on any atom is -0.341 e. The molecule has 1 N–H and O–H groups in total. The number of hydrogen-bond acceptors (Lipinski definition) is 3. The van der Waals surface area contributed by atoms with Crippen LogP contribution in [-0.2, 0) is 4.79 Å². The second-order valence-corrected chi connectivity index (χ2v) is 7.47. The molecule has 1 unspecified atom stereocenters. The van der Waals surface area contributed by atoms with E-state index < -0.39 is 0 Å². The van der Waals surface area contributed by atoms with Gasteiger partial charge in [0.05, 0.1) is 6.54 Å². The number of halogens is 1. The molecule has 5 heteroatoms. The van der Waals surface area contributed by atoms with Gasteiger partial charge in [-0.1, -0.05) is 26.2 Å². The van der Waals surface area contributed by atoms with Gasteiger partial charge in [0.15, 0.2) is 0 Å². The van der Waals surface area contributed by atoms with Crippen LogP contribution >= 0.6 is 12.4 Å². The number of nitrogens with zero attached hydrogens (tertiary/aromatic N) is 2. The Balaban J connectivity index is 0.00000176. The average molecular weight is 330 g/mol. The van der Waals surface area contributed by atoms with Crippen LogP contribution in [0.5, 0.6) is 0 Å². The molecule has 1 atom stereocenters. The summed E-state index contributed by atoms with van der Waals surface area (Å²) in [5.41, 5.74) is 0.271. The second-order valence-electron chi connectivity index (χ2n) is 7.47. The van der Waals surface area contributed by atoms with Crippen molar-refractivity contribution in [2.75, 3.05) is 39.3 Å². The molecule has 1 spiro atoms. The molecule has 22 heavy (non-hydrogen) atoms. The number of piperazine rings is 1. The number of likely N-dealkylation sites (tertiary alicyclic amines) is 1. The molecule has 1 saturated carbocycles. The Morgan fingerprint density at radius 3 is 2.68 bits per heavy atom. The first-order valence-electron chi connectivity index (χ1n) is 8.93. The van der Waals surface area contributed by atoms with Crippen LogP contribution in [0.2, 0.25) is 0 Å². The summed E-state index contributed by atoms with van der Waals surface area (Å²) in [5, 5.41) is 3.57. The van der Waals surface area contributed by atoms with E-state index in [1.807, 2.05) is 0 Å². The van der Waals surface area contributed by atoms with E-state index in [0.717, 1.165) is 32.7 Å². The first-order chi connectivity index (χ1) is 10.2. The highest BCUT2D eigenvalue weighted by atomic mass is 35.5. The normalized spacial score (nSPS) is 29.1. The monoisotopic (exact) mass is 329 g/mol. The molecule has 3 aliphatic rings. The van der Waals surface area contributed by atoms with Crippen molar-refractivity contribution in [2.45, 2.75) is 57.4 Å². The van der Waals surface area contributed by atoms with Crippen LogP contribution in [0.3, 0.4) is 0 Å². The molecule has 0 aromatic carbocycles. The molecule has 3 fully saturated rings. The van der Waals surface area contributed by atoms with E-state index >= 15 is 0 Å². The molecule has 0 radical (unpaired) electrons. The third kappa shape index (κ3) is 3.95. The lowest BCUT2D eigenvalue weighted by atomic mass is 9.79. The number of carbonyl (C=O) groups is 1. The summed E-state index contributed by atoms with van der Waals surface area (Å²) in [7, 11) is 0. The molecular weight excluding hydrogens is 298 g/mol. The molecule has 3 rings (SSSR count). The van der Waals surface area contributed by atoms with Crippen LogP contribution in [0.15, 0.2) is 0 Å². The highest BCUT2D eigenvalue weighted by Crippen LogP contribution is 2.34. The lowest BCUT2D eigenvalue weighted by Gasteiger charge is -2.50. The molecule has 0 aromatic rings. The van der Waals surface area contributed by atoms with Crippen LogP contribution in [0, 0.1) is 5.92 Å². The molecule has 0 bridgehead atoms. The number of piperidine rings is 1. The van der Waals surface area contributed by atoms with E-state index in [4.69, 9.17) is 0 Å². The Hall–Kier alpha value is -0.320. The Kier molecular flexibility index (Phi) is 6.54. The predicted molar refractivity (Wildman–Crippen MR) is 92.5 cm³/mol. The largest absolute Gasteiger partial charge is 0.341 e. The third-order valence-electron chi connectivity index (χ3n) is 5.80. The van der Waals surface area contributed by atoms with Crippen LogP contribution in [0.4, 0.5) is 0 Å². The number of amides is 1. The first-order valence-corrected chi connectivity index (χ1v) is 8.93. The van der Waals surface area contributed by atoms with Gasteiger partial charge in [-0.2, -0.15) is 0 Å². The third-order valence-corrected chi connectivity index (χ3v) is 5.80. The zero-order chi connectivity index (χ0) is 14.7. The Bertz CT molecular complexity index is 363. The highest BCUT2D eigenvalue weighted by Gasteiger charge is 2.40. The highest BCUT2D eigenvalue weighted by molar-refractivity contribution is 5.85. The van der Waals surface area contributed by atoms with Crippen molar-refractivity contribution in [1.82, 2.24) is 15.1 Å². The van der Waals surface area contributed by atoms with Crippen LogP contribution in [-0.4, -0.2) is 60.5 Å². The van der Waals surface area contributed by atoms with Crippen molar-refractivity contribution in [3.63, 3.8) is 0 Å². The summed E-state index contributed by atoms with van der Waals surface area (Å²) in [6.45, 7) is 8.01. The SMILES string of the molecule is CC1CCCN(C(=O)CN2CCNCC23CCCCC3)C1.Cl. The Morgan fingerprint density at radius 1 is 1.18 bits per heavy atom. The van der Waals surface area contributed by atoms with Gasteiger partial charge in [-0.3, -0.25) is 9.69 Å². The van der Waals surface area contributed by atoms with Crippen molar-refractivity contribution in [3.05, 3.63) is 0 Å². The standard InChI is InChI=1S/C17H31N3O.ClH/c1-15-6-5-10-19(12-15)16(21)13-20-11-9-18-14-17(20)7-3-2-4-8-17;/h15,18H,2-14H2,1H3;1H. The molecule has 2 heterocycles. The zero-order valence-corrected chi connectivity index (χ0v) is 14.8. The van der Waals surface area contributed by atoms with E-state index in [2.05, 4.69) is 22.0 Å².